The second-order valence-electron chi connectivity index (χ2n) is 5.70. The molecule has 136 valence electrons. The number of aromatic nitrogens is 2. The number of methoxy groups -OCH3 is 1. The Hall–Kier alpha value is -2.16. The van der Waals surface area contributed by atoms with Gasteiger partial charge in [-0.2, -0.15) is 0 Å². The molecule has 0 aliphatic rings. The maximum Gasteiger partial charge on any atom is 0.244 e. The summed E-state index contributed by atoms with van der Waals surface area (Å²) in [5.41, 5.74) is 1.81. The van der Waals surface area contributed by atoms with Crippen molar-refractivity contribution < 1.29 is 13.2 Å². The van der Waals surface area contributed by atoms with Crippen LogP contribution >= 0.6 is 15.9 Å². The smallest absolute Gasteiger partial charge is 0.244 e. The van der Waals surface area contributed by atoms with Gasteiger partial charge < -0.3 is 9.30 Å². The molecular formula is C18H18BrN3O3S. The normalized spacial score (nSPS) is 12.7. The van der Waals surface area contributed by atoms with Crippen molar-refractivity contribution in [3.8, 4) is 11.4 Å². The lowest BCUT2D eigenvalue weighted by molar-refractivity contribution is 0.402. The number of nitrogens with zero attached hydrogens (tertiary/aromatic N) is 2. The van der Waals surface area contributed by atoms with E-state index in [9.17, 15) is 8.42 Å². The van der Waals surface area contributed by atoms with E-state index in [2.05, 4.69) is 25.6 Å². The first-order chi connectivity index (χ1) is 12.4. The third-order valence-corrected chi connectivity index (χ3v) is 6.00. The Morgan fingerprint density at radius 1 is 1.19 bits per heavy atom. The van der Waals surface area contributed by atoms with Crippen LogP contribution in [0.25, 0.3) is 5.69 Å². The molecule has 0 amide bonds. The van der Waals surface area contributed by atoms with E-state index < -0.39 is 16.1 Å². The number of rotatable bonds is 6. The third-order valence-electron chi connectivity index (χ3n) is 3.94. The number of benzene rings is 2. The summed E-state index contributed by atoms with van der Waals surface area (Å²) < 4.78 is 36.0. The van der Waals surface area contributed by atoms with Crippen molar-refractivity contribution >= 4 is 26.0 Å². The molecular weight excluding hydrogens is 418 g/mol. The van der Waals surface area contributed by atoms with E-state index >= 15 is 0 Å². The average molecular weight is 436 g/mol. The van der Waals surface area contributed by atoms with Crippen LogP contribution in [0.2, 0.25) is 0 Å². The number of hydrogen-bond acceptors (Lipinski definition) is 4. The molecule has 0 aliphatic heterocycles. The zero-order valence-corrected chi connectivity index (χ0v) is 16.7. The molecule has 0 aliphatic carbocycles. The average Bonchev–Trinajstić information content (AvgIpc) is 3.16. The Morgan fingerprint density at radius 2 is 1.92 bits per heavy atom. The Labute approximate surface area is 161 Å². The van der Waals surface area contributed by atoms with Gasteiger partial charge in [-0.3, -0.25) is 0 Å². The van der Waals surface area contributed by atoms with Gasteiger partial charge in [0.05, 0.1) is 13.4 Å². The van der Waals surface area contributed by atoms with Gasteiger partial charge in [0, 0.05) is 28.6 Å². The van der Waals surface area contributed by atoms with Crippen LogP contribution in [0.4, 0.5) is 0 Å². The number of imidazole rings is 1. The summed E-state index contributed by atoms with van der Waals surface area (Å²) in [5, 5.41) is 0. The molecule has 0 saturated heterocycles. The van der Waals surface area contributed by atoms with E-state index in [1.807, 2.05) is 35.0 Å². The molecule has 0 fully saturated rings. The standard InChI is InChI=1S/C18H18BrN3O3S/c1-13(14-3-6-16(7-4-14)22-10-9-20-12-22)21-26(23,24)18-11-15(19)5-8-17(18)25-2/h3-13,21H,1-2H3/t13-/m1/s1. The lowest BCUT2D eigenvalue weighted by Gasteiger charge is -2.17. The zero-order valence-electron chi connectivity index (χ0n) is 14.3. The predicted octanol–water partition coefficient (Wildman–Crippen LogP) is 3.68. The summed E-state index contributed by atoms with van der Waals surface area (Å²) >= 11 is 3.30. The minimum Gasteiger partial charge on any atom is -0.495 e. The minimum absolute atomic E-state index is 0.0938. The number of ether oxygens (including phenoxy) is 1. The quantitative estimate of drug-likeness (QED) is 0.640. The van der Waals surface area contributed by atoms with E-state index in [0.29, 0.717) is 10.2 Å². The van der Waals surface area contributed by atoms with E-state index in [4.69, 9.17) is 4.74 Å². The van der Waals surface area contributed by atoms with Crippen molar-refractivity contribution in [2.75, 3.05) is 7.11 Å². The molecule has 2 aromatic carbocycles. The van der Waals surface area contributed by atoms with E-state index in [1.165, 1.54) is 13.2 Å². The summed E-state index contributed by atoms with van der Waals surface area (Å²) in [6, 6.07) is 12.1. The molecule has 3 aromatic rings. The fraction of sp³-hybridized carbons (Fsp3) is 0.167. The topological polar surface area (TPSA) is 73.2 Å². The predicted molar refractivity (Wildman–Crippen MR) is 103 cm³/mol. The molecule has 8 heteroatoms. The monoisotopic (exact) mass is 435 g/mol. The zero-order chi connectivity index (χ0) is 18.7. The highest BCUT2D eigenvalue weighted by molar-refractivity contribution is 9.10. The molecule has 0 spiro atoms. The van der Waals surface area contributed by atoms with Gasteiger partial charge in [-0.05, 0) is 42.8 Å². The first-order valence-electron chi connectivity index (χ1n) is 7.85. The van der Waals surface area contributed by atoms with Crippen molar-refractivity contribution in [2.45, 2.75) is 17.9 Å². The summed E-state index contributed by atoms with van der Waals surface area (Å²) in [6.07, 6.45) is 5.26. The fourth-order valence-electron chi connectivity index (χ4n) is 2.57. The number of halogens is 1. The first kappa shape index (κ1) is 18.6. The molecule has 1 aromatic heterocycles. The molecule has 1 heterocycles. The van der Waals surface area contributed by atoms with E-state index in [1.54, 1.807) is 31.6 Å². The van der Waals surface area contributed by atoms with Crippen LogP contribution in [0, 0.1) is 0 Å². The van der Waals surface area contributed by atoms with Crippen molar-refractivity contribution in [1.29, 1.82) is 0 Å². The van der Waals surface area contributed by atoms with Crippen LogP contribution in [0.1, 0.15) is 18.5 Å². The first-order valence-corrected chi connectivity index (χ1v) is 10.1. The molecule has 6 nitrogen and oxygen atoms in total. The SMILES string of the molecule is COc1ccc(Br)cc1S(=O)(=O)N[C@H](C)c1ccc(-n2ccnc2)cc1. The summed E-state index contributed by atoms with van der Waals surface area (Å²) in [4.78, 5) is 4.11. The van der Waals surface area contributed by atoms with E-state index in [-0.39, 0.29) is 4.90 Å². The van der Waals surface area contributed by atoms with Crippen LogP contribution < -0.4 is 9.46 Å². The van der Waals surface area contributed by atoms with Gasteiger partial charge in [-0.15, -0.1) is 0 Å². The van der Waals surface area contributed by atoms with Crippen LogP contribution in [0.3, 0.4) is 0 Å². The molecule has 1 atom stereocenters. The lowest BCUT2D eigenvalue weighted by Crippen LogP contribution is -2.27. The fourth-order valence-corrected chi connectivity index (χ4v) is 4.51. The molecule has 0 saturated carbocycles. The Balaban J connectivity index is 1.83. The maximum absolute atomic E-state index is 12.8. The van der Waals surface area contributed by atoms with Crippen molar-refractivity contribution in [2.24, 2.45) is 0 Å². The third kappa shape index (κ3) is 3.98. The summed E-state index contributed by atoms with van der Waals surface area (Å²) in [5.74, 6) is 0.295. The Kier molecular flexibility index (Phi) is 5.45. The Morgan fingerprint density at radius 3 is 2.54 bits per heavy atom. The minimum atomic E-state index is -3.75. The summed E-state index contributed by atoms with van der Waals surface area (Å²) in [7, 11) is -2.30. The van der Waals surface area contributed by atoms with Gasteiger partial charge in [0.25, 0.3) is 0 Å². The summed E-state index contributed by atoms with van der Waals surface area (Å²) in [6.45, 7) is 1.80. The lowest BCUT2D eigenvalue weighted by atomic mass is 10.1. The van der Waals surface area contributed by atoms with Crippen LogP contribution in [0.5, 0.6) is 5.75 Å². The van der Waals surface area contributed by atoms with Gasteiger partial charge in [0.1, 0.15) is 10.6 Å². The van der Waals surface area contributed by atoms with Crippen LogP contribution in [0.15, 0.2) is 70.6 Å². The van der Waals surface area contributed by atoms with Crippen LogP contribution in [-0.2, 0) is 10.0 Å². The Bertz CT molecular complexity index is 987. The van der Waals surface area contributed by atoms with Gasteiger partial charge in [0.15, 0.2) is 0 Å². The highest BCUT2D eigenvalue weighted by atomic mass is 79.9. The largest absolute Gasteiger partial charge is 0.495 e. The highest BCUT2D eigenvalue weighted by Crippen LogP contribution is 2.28. The van der Waals surface area contributed by atoms with Crippen molar-refractivity contribution in [1.82, 2.24) is 14.3 Å². The molecule has 0 bridgehead atoms. The highest BCUT2D eigenvalue weighted by Gasteiger charge is 2.22. The molecule has 1 N–H and O–H groups in total. The molecule has 26 heavy (non-hydrogen) atoms. The number of hydrogen-bond donors (Lipinski definition) is 1. The van der Waals surface area contributed by atoms with Crippen LogP contribution in [-0.4, -0.2) is 25.1 Å². The maximum atomic E-state index is 12.8. The second-order valence-corrected chi connectivity index (χ2v) is 8.30. The van der Waals surface area contributed by atoms with Crippen molar-refractivity contribution in [3.05, 3.63) is 71.2 Å². The van der Waals surface area contributed by atoms with Gasteiger partial charge in [-0.1, -0.05) is 28.1 Å². The number of sulfonamides is 1. The van der Waals surface area contributed by atoms with Gasteiger partial charge in [0.2, 0.25) is 10.0 Å². The van der Waals surface area contributed by atoms with Crippen molar-refractivity contribution in [3.63, 3.8) is 0 Å². The molecule has 0 unspecified atom stereocenters. The number of nitrogens with one attached hydrogen (secondary N) is 1. The second kappa shape index (κ2) is 7.61. The van der Waals surface area contributed by atoms with E-state index in [0.717, 1.165) is 11.3 Å². The molecule has 3 rings (SSSR count). The van der Waals surface area contributed by atoms with Gasteiger partial charge >= 0.3 is 0 Å². The molecule has 0 radical (unpaired) electrons. The van der Waals surface area contributed by atoms with Gasteiger partial charge in [-0.25, -0.2) is 18.1 Å².